The topological polar surface area (TPSA) is 78.5 Å². The third kappa shape index (κ3) is 2.34. The Labute approximate surface area is 122 Å². The maximum absolute atomic E-state index is 12.4. The Kier molecular flexibility index (Phi) is 3.29. The molecule has 2 aliphatic heterocycles. The lowest BCUT2D eigenvalue weighted by Crippen LogP contribution is -2.45. The quantitative estimate of drug-likeness (QED) is 0.824. The van der Waals surface area contributed by atoms with Gasteiger partial charge in [-0.1, -0.05) is 29.8 Å². The molecule has 5 nitrogen and oxygen atoms in total. The van der Waals surface area contributed by atoms with Crippen LogP contribution >= 0.6 is 0 Å². The minimum atomic E-state index is -1.24. The van der Waals surface area contributed by atoms with Gasteiger partial charge in [-0.05, 0) is 25.5 Å². The minimum absolute atomic E-state index is 0.340. The zero-order valence-corrected chi connectivity index (χ0v) is 11.8. The van der Waals surface area contributed by atoms with Gasteiger partial charge in [0.1, 0.15) is 0 Å². The van der Waals surface area contributed by atoms with Crippen molar-refractivity contribution in [1.29, 1.82) is 0 Å². The summed E-state index contributed by atoms with van der Waals surface area (Å²) in [5.74, 6) is -3.25. The van der Waals surface area contributed by atoms with Crippen LogP contribution in [0.4, 0.5) is 5.69 Å². The van der Waals surface area contributed by atoms with Gasteiger partial charge >= 0.3 is 0 Å². The van der Waals surface area contributed by atoms with Crippen LogP contribution in [0.25, 0.3) is 0 Å². The lowest BCUT2D eigenvalue weighted by atomic mass is 9.82. The second-order valence-electron chi connectivity index (χ2n) is 5.63. The summed E-state index contributed by atoms with van der Waals surface area (Å²) >= 11 is 0. The summed E-state index contributed by atoms with van der Waals surface area (Å²) in [4.78, 5) is 23.7. The Morgan fingerprint density at radius 3 is 2.43 bits per heavy atom. The van der Waals surface area contributed by atoms with Crippen molar-refractivity contribution in [1.82, 2.24) is 0 Å². The summed E-state index contributed by atoms with van der Waals surface area (Å²) in [6.45, 7) is 3.87. The van der Waals surface area contributed by atoms with Gasteiger partial charge < -0.3 is 20.0 Å². The van der Waals surface area contributed by atoms with E-state index < -0.39 is 30.0 Å². The molecule has 1 N–H and O–H groups in total. The molecule has 2 bridgehead atoms. The molecular formula is C16H16NO4-. The largest absolute Gasteiger partial charge is 0.550 e. The van der Waals surface area contributed by atoms with Gasteiger partial charge in [0.05, 0.1) is 18.1 Å². The normalized spacial score (nSPS) is 29.6. The van der Waals surface area contributed by atoms with Crippen molar-refractivity contribution in [3.8, 4) is 0 Å². The molecule has 1 aromatic rings. The van der Waals surface area contributed by atoms with E-state index in [-0.39, 0.29) is 5.91 Å². The summed E-state index contributed by atoms with van der Waals surface area (Å²) in [5.41, 5.74) is 2.73. The molecule has 0 aliphatic carbocycles. The van der Waals surface area contributed by atoms with Crippen molar-refractivity contribution in [2.75, 3.05) is 5.32 Å². The SMILES string of the molecule is Cc1ccc(NC(=O)[C@@H]2[C@@H](C(=O)[O-])[C@H]3C=C[C@@H]2O3)c(C)c1. The first-order chi connectivity index (χ1) is 9.97. The van der Waals surface area contributed by atoms with Crippen LogP contribution < -0.4 is 10.4 Å². The molecule has 0 radical (unpaired) electrons. The van der Waals surface area contributed by atoms with E-state index in [1.165, 1.54) is 0 Å². The van der Waals surface area contributed by atoms with Gasteiger partial charge in [0.25, 0.3) is 0 Å². The molecule has 4 atom stereocenters. The maximum atomic E-state index is 12.4. The van der Waals surface area contributed by atoms with Gasteiger partial charge in [-0.15, -0.1) is 0 Å². The van der Waals surface area contributed by atoms with Gasteiger partial charge in [0.15, 0.2) is 0 Å². The van der Waals surface area contributed by atoms with Crippen LogP contribution in [0.15, 0.2) is 30.4 Å². The van der Waals surface area contributed by atoms with Crippen molar-refractivity contribution in [2.24, 2.45) is 11.8 Å². The maximum Gasteiger partial charge on any atom is 0.231 e. The van der Waals surface area contributed by atoms with Gasteiger partial charge in [-0.2, -0.15) is 0 Å². The number of aliphatic carboxylic acids is 1. The van der Waals surface area contributed by atoms with Crippen LogP contribution in [-0.2, 0) is 14.3 Å². The van der Waals surface area contributed by atoms with E-state index in [0.717, 1.165) is 11.1 Å². The summed E-state index contributed by atoms with van der Waals surface area (Å²) in [7, 11) is 0. The van der Waals surface area contributed by atoms with E-state index in [1.54, 1.807) is 12.2 Å². The average molecular weight is 286 g/mol. The number of nitrogens with one attached hydrogen (secondary N) is 1. The lowest BCUT2D eigenvalue weighted by Gasteiger charge is -2.25. The zero-order valence-electron chi connectivity index (χ0n) is 11.8. The number of hydrogen-bond donors (Lipinski definition) is 1. The van der Waals surface area contributed by atoms with E-state index in [0.29, 0.717) is 5.69 Å². The monoisotopic (exact) mass is 286 g/mol. The first-order valence-corrected chi connectivity index (χ1v) is 6.90. The molecule has 0 spiro atoms. The molecule has 2 aliphatic rings. The van der Waals surface area contributed by atoms with E-state index in [4.69, 9.17) is 4.74 Å². The molecule has 1 saturated heterocycles. The predicted molar refractivity (Wildman–Crippen MR) is 74.3 cm³/mol. The molecule has 2 heterocycles. The molecule has 1 amide bonds. The molecule has 0 saturated carbocycles. The number of amides is 1. The number of carbonyl (C=O) groups is 2. The van der Waals surface area contributed by atoms with E-state index in [1.807, 2.05) is 32.0 Å². The highest BCUT2D eigenvalue weighted by molar-refractivity contribution is 5.97. The smallest absolute Gasteiger partial charge is 0.231 e. The zero-order chi connectivity index (χ0) is 15.1. The number of aryl methyl sites for hydroxylation is 2. The summed E-state index contributed by atoms with van der Waals surface area (Å²) in [6.07, 6.45) is 2.39. The Morgan fingerprint density at radius 2 is 1.81 bits per heavy atom. The number of fused-ring (bicyclic) bond motifs is 2. The number of hydrogen-bond acceptors (Lipinski definition) is 4. The van der Waals surface area contributed by atoms with Crippen molar-refractivity contribution in [3.63, 3.8) is 0 Å². The van der Waals surface area contributed by atoms with E-state index in [9.17, 15) is 14.7 Å². The second-order valence-corrected chi connectivity index (χ2v) is 5.63. The molecule has 3 rings (SSSR count). The van der Waals surface area contributed by atoms with Crippen molar-refractivity contribution >= 4 is 17.6 Å². The number of ether oxygens (including phenoxy) is 1. The van der Waals surface area contributed by atoms with Crippen LogP contribution in [0.2, 0.25) is 0 Å². The first kappa shape index (κ1) is 13.8. The fourth-order valence-electron chi connectivity index (χ4n) is 3.07. The minimum Gasteiger partial charge on any atom is -0.550 e. The summed E-state index contributed by atoms with van der Waals surface area (Å²) in [5, 5.41) is 14.1. The Bertz CT molecular complexity index is 637. The number of carboxylic acid groups (broad SMARTS) is 1. The third-order valence-electron chi connectivity index (χ3n) is 4.11. The van der Waals surface area contributed by atoms with Crippen molar-refractivity contribution < 1.29 is 19.4 Å². The van der Waals surface area contributed by atoms with Crippen LogP contribution in [0, 0.1) is 25.7 Å². The van der Waals surface area contributed by atoms with Gasteiger partial charge in [-0.3, -0.25) is 4.79 Å². The molecule has 21 heavy (non-hydrogen) atoms. The van der Waals surface area contributed by atoms with Gasteiger partial charge in [0.2, 0.25) is 5.91 Å². The third-order valence-corrected chi connectivity index (χ3v) is 4.11. The molecular weight excluding hydrogens is 270 g/mol. The number of anilines is 1. The molecule has 5 heteroatoms. The van der Waals surface area contributed by atoms with Crippen LogP contribution in [0.1, 0.15) is 11.1 Å². The van der Waals surface area contributed by atoms with Crippen molar-refractivity contribution in [2.45, 2.75) is 26.1 Å². The number of carbonyl (C=O) groups excluding carboxylic acids is 2. The Hall–Kier alpha value is -2.14. The highest BCUT2D eigenvalue weighted by Crippen LogP contribution is 2.39. The number of rotatable bonds is 3. The van der Waals surface area contributed by atoms with Gasteiger partial charge in [0, 0.05) is 17.6 Å². The van der Waals surface area contributed by atoms with E-state index in [2.05, 4.69) is 5.32 Å². The Morgan fingerprint density at radius 1 is 1.14 bits per heavy atom. The molecule has 1 fully saturated rings. The number of carboxylic acids is 1. The predicted octanol–water partition coefficient (Wildman–Crippen LogP) is 0.561. The highest BCUT2D eigenvalue weighted by atomic mass is 16.5. The molecule has 0 aromatic heterocycles. The summed E-state index contributed by atoms with van der Waals surface area (Å²) in [6, 6.07) is 5.68. The molecule has 1 aromatic carbocycles. The highest BCUT2D eigenvalue weighted by Gasteiger charge is 2.50. The Balaban J connectivity index is 1.82. The van der Waals surface area contributed by atoms with Crippen molar-refractivity contribution in [3.05, 3.63) is 41.5 Å². The van der Waals surface area contributed by atoms with E-state index >= 15 is 0 Å². The van der Waals surface area contributed by atoms with Gasteiger partial charge in [-0.25, -0.2) is 0 Å². The standard InChI is InChI=1S/C16H17NO4/c1-8-3-4-10(9(2)7-8)17-15(18)13-11-5-6-12(21-11)14(13)16(19)20/h3-7,11-14H,1-2H3,(H,17,18)(H,19,20)/p-1/t11-,12+,13-,14-/m0/s1. The van der Waals surface area contributed by atoms with Crippen LogP contribution in [-0.4, -0.2) is 24.1 Å². The fourth-order valence-corrected chi connectivity index (χ4v) is 3.07. The van der Waals surface area contributed by atoms with Crippen LogP contribution in [0.5, 0.6) is 0 Å². The number of benzene rings is 1. The second kappa shape index (κ2) is 5.00. The lowest BCUT2D eigenvalue weighted by molar-refractivity contribution is -0.313. The fraction of sp³-hybridized carbons (Fsp3) is 0.375. The van der Waals surface area contributed by atoms with Crippen LogP contribution in [0.3, 0.4) is 0 Å². The molecule has 0 unspecified atom stereocenters. The average Bonchev–Trinajstić information content (AvgIpc) is 3.02. The summed E-state index contributed by atoms with van der Waals surface area (Å²) < 4.78 is 5.47. The first-order valence-electron chi connectivity index (χ1n) is 6.90. The molecule has 110 valence electrons.